The molecule has 0 N–H and O–H groups in total. The summed E-state index contributed by atoms with van der Waals surface area (Å²) >= 11 is 0. The fourth-order valence-corrected chi connectivity index (χ4v) is 5.12. The van der Waals surface area contributed by atoms with E-state index < -0.39 is 10.1 Å². The van der Waals surface area contributed by atoms with Gasteiger partial charge in [0.25, 0.3) is 0 Å². The fourth-order valence-electron chi connectivity index (χ4n) is 2.21. The minimum absolute atomic E-state index is 0.219. The molecule has 146 valence electrons. The molecule has 0 saturated carbocycles. The van der Waals surface area contributed by atoms with E-state index in [2.05, 4.69) is 34.6 Å². The van der Waals surface area contributed by atoms with Gasteiger partial charge in [0.15, 0.2) is 11.5 Å². The van der Waals surface area contributed by atoms with E-state index in [1.807, 2.05) is 6.92 Å². The number of carbonyl (C=O) groups is 1. The summed E-state index contributed by atoms with van der Waals surface area (Å²) in [6.45, 7) is 13.0. The molecule has 0 atom stereocenters. The third-order valence-electron chi connectivity index (χ3n) is 3.60. The molecule has 0 aliphatic carbocycles. The average molecular weight is 383 g/mol. The predicted octanol–water partition coefficient (Wildman–Crippen LogP) is 4.29. The van der Waals surface area contributed by atoms with Crippen molar-refractivity contribution in [3.63, 3.8) is 0 Å². The predicted molar refractivity (Wildman–Crippen MR) is 106 cm³/mol. The molecule has 0 aromatic carbocycles. The molecule has 4 nitrogen and oxygen atoms in total. The largest absolute Gasteiger partial charge is 0.748 e. The van der Waals surface area contributed by atoms with Crippen LogP contribution < -0.4 is 0 Å². The highest BCUT2D eigenvalue weighted by atomic mass is 32.2. The number of carbonyl (C=O) groups excluding carboxylic acids is 1. The Morgan fingerprint density at radius 1 is 0.917 bits per heavy atom. The lowest BCUT2D eigenvalue weighted by Crippen LogP contribution is -2.31. The Hall–Kier alpha value is -0.0700. The summed E-state index contributed by atoms with van der Waals surface area (Å²) in [6, 6.07) is 0. The topological polar surface area (TPSA) is 74.3 Å². The molecule has 24 heavy (non-hydrogen) atoms. The summed E-state index contributed by atoms with van der Waals surface area (Å²) in [6.07, 6.45) is 6.87. The van der Waals surface area contributed by atoms with Crippen LogP contribution >= 0.6 is 0 Å². The van der Waals surface area contributed by atoms with Gasteiger partial charge < -0.3 is 4.55 Å². The van der Waals surface area contributed by atoms with Gasteiger partial charge in [-0.2, -0.15) is 0 Å². The lowest BCUT2D eigenvalue weighted by molar-refractivity contribution is -0.116. The molecule has 0 aliphatic heterocycles. The highest BCUT2D eigenvalue weighted by Crippen LogP contribution is 2.14. The molecule has 0 amide bonds. The number of Topliss-reactive ketones (excluding diaryl/α,β-unsaturated/α-hetero) is 1. The summed E-state index contributed by atoms with van der Waals surface area (Å²) in [5.41, 5.74) is 0. The van der Waals surface area contributed by atoms with Crippen LogP contribution in [-0.2, 0) is 25.8 Å². The van der Waals surface area contributed by atoms with Crippen molar-refractivity contribution in [2.75, 3.05) is 11.5 Å². The first kappa shape index (κ1) is 26.2. The maximum absolute atomic E-state index is 11.8. The van der Waals surface area contributed by atoms with Crippen LogP contribution in [0.5, 0.6) is 0 Å². The summed E-state index contributed by atoms with van der Waals surface area (Å²) in [5, 5.41) is 1.30. The smallest absolute Gasteiger partial charge is 0.181 e. The molecule has 0 heterocycles. The number of ketones is 1. The van der Waals surface area contributed by atoms with Crippen molar-refractivity contribution in [2.24, 2.45) is 0 Å². The lowest BCUT2D eigenvalue weighted by Gasteiger charge is -2.15. The van der Waals surface area contributed by atoms with E-state index in [9.17, 15) is 17.8 Å². The SMILES string of the molecule is CCCCCCC(=O)C[S+](C(C)C)C(C)C.CCCCS(=O)(=O)[O-]. The van der Waals surface area contributed by atoms with E-state index in [0.29, 0.717) is 22.7 Å². The van der Waals surface area contributed by atoms with Crippen LogP contribution in [0.4, 0.5) is 0 Å². The van der Waals surface area contributed by atoms with Crippen molar-refractivity contribution >= 4 is 26.8 Å². The molecule has 0 aliphatic rings. The monoisotopic (exact) mass is 382 g/mol. The van der Waals surface area contributed by atoms with Crippen LogP contribution in [0.3, 0.4) is 0 Å². The quantitative estimate of drug-likeness (QED) is 0.287. The zero-order chi connectivity index (χ0) is 19.2. The van der Waals surface area contributed by atoms with Gasteiger partial charge in [-0.3, -0.25) is 4.79 Å². The first-order valence-corrected chi connectivity index (χ1v) is 12.3. The van der Waals surface area contributed by atoms with Gasteiger partial charge in [0.2, 0.25) is 0 Å². The molecule has 0 aromatic rings. The Balaban J connectivity index is 0. The molecule has 0 rings (SSSR count). The zero-order valence-corrected chi connectivity index (χ0v) is 18.1. The minimum atomic E-state index is -3.94. The normalized spacial score (nSPS) is 11.8. The lowest BCUT2D eigenvalue weighted by atomic mass is 10.1. The van der Waals surface area contributed by atoms with E-state index in [-0.39, 0.29) is 16.6 Å². The van der Waals surface area contributed by atoms with Crippen molar-refractivity contribution in [1.29, 1.82) is 0 Å². The molecular formula is C18H38O4S2. The fraction of sp³-hybridized carbons (Fsp3) is 0.944. The third kappa shape index (κ3) is 18.3. The van der Waals surface area contributed by atoms with Gasteiger partial charge in [-0.15, -0.1) is 0 Å². The van der Waals surface area contributed by atoms with E-state index >= 15 is 0 Å². The van der Waals surface area contributed by atoms with Gasteiger partial charge in [0, 0.05) is 12.2 Å². The highest BCUT2D eigenvalue weighted by molar-refractivity contribution is 7.98. The van der Waals surface area contributed by atoms with Gasteiger partial charge in [-0.1, -0.05) is 39.5 Å². The molecule has 6 heteroatoms. The van der Waals surface area contributed by atoms with Crippen LogP contribution in [-0.4, -0.2) is 40.8 Å². The second-order valence-corrected chi connectivity index (χ2v) is 11.3. The first-order chi connectivity index (χ1) is 11.0. The van der Waals surface area contributed by atoms with Gasteiger partial charge >= 0.3 is 0 Å². The molecule has 0 radical (unpaired) electrons. The molecule has 0 saturated heterocycles. The molecule has 0 fully saturated rings. The van der Waals surface area contributed by atoms with E-state index in [4.69, 9.17) is 0 Å². The maximum atomic E-state index is 11.8. The standard InChI is InChI=1S/C14H29OS.C4H10O3S/c1-6-7-8-9-10-14(15)11-16(12(2)3)13(4)5;1-2-3-4-8(5,6)7/h12-13H,6-11H2,1-5H3;2-4H2,1H3,(H,5,6,7)/q+1;/p-1. The van der Waals surface area contributed by atoms with Crippen LogP contribution in [0, 0.1) is 0 Å². The minimum Gasteiger partial charge on any atom is -0.748 e. The van der Waals surface area contributed by atoms with Gasteiger partial charge in [0.1, 0.15) is 10.5 Å². The van der Waals surface area contributed by atoms with Crippen molar-refractivity contribution in [3.05, 3.63) is 0 Å². The van der Waals surface area contributed by atoms with Crippen molar-refractivity contribution < 1.29 is 17.8 Å². The van der Waals surface area contributed by atoms with E-state index in [0.717, 1.165) is 25.0 Å². The van der Waals surface area contributed by atoms with Crippen LogP contribution in [0.1, 0.15) is 86.5 Å². The molecule has 0 unspecified atom stereocenters. The molecular weight excluding hydrogens is 344 g/mol. The summed E-state index contributed by atoms with van der Waals surface area (Å²) in [4.78, 5) is 11.8. The zero-order valence-electron chi connectivity index (χ0n) is 16.5. The average Bonchev–Trinajstić information content (AvgIpc) is 2.46. The van der Waals surface area contributed by atoms with Gasteiger partial charge in [0.05, 0.1) is 10.1 Å². The van der Waals surface area contributed by atoms with Crippen molar-refractivity contribution in [3.8, 4) is 0 Å². The highest BCUT2D eigenvalue weighted by Gasteiger charge is 2.29. The van der Waals surface area contributed by atoms with E-state index in [1.165, 1.54) is 19.3 Å². The van der Waals surface area contributed by atoms with Crippen molar-refractivity contribution in [2.45, 2.75) is 97.0 Å². The van der Waals surface area contributed by atoms with Gasteiger partial charge in [-0.25, -0.2) is 8.42 Å². The number of unbranched alkanes of at least 4 members (excludes halogenated alkanes) is 4. The maximum Gasteiger partial charge on any atom is 0.181 e. The second kappa shape index (κ2) is 15.2. The Bertz CT molecular complexity index is 395. The number of rotatable bonds is 12. The number of hydrogen-bond acceptors (Lipinski definition) is 4. The Morgan fingerprint density at radius 3 is 1.75 bits per heavy atom. The van der Waals surface area contributed by atoms with Crippen LogP contribution in [0.2, 0.25) is 0 Å². The van der Waals surface area contributed by atoms with E-state index in [1.54, 1.807) is 0 Å². The Labute approximate surface area is 153 Å². The second-order valence-electron chi connectivity index (χ2n) is 6.68. The Kier molecular flexibility index (Phi) is 16.6. The third-order valence-corrected chi connectivity index (χ3v) is 7.46. The van der Waals surface area contributed by atoms with Gasteiger partial charge in [-0.05, 0) is 51.4 Å². The molecule has 0 spiro atoms. The molecule has 0 bridgehead atoms. The number of hydrogen-bond donors (Lipinski definition) is 0. The summed E-state index contributed by atoms with van der Waals surface area (Å²) in [5.74, 6) is 1.09. The van der Waals surface area contributed by atoms with Crippen molar-refractivity contribution in [1.82, 2.24) is 0 Å². The van der Waals surface area contributed by atoms with Crippen LogP contribution in [0.15, 0.2) is 0 Å². The molecule has 0 aromatic heterocycles. The summed E-state index contributed by atoms with van der Waals surface area (Å²) in [7, 11) is -3.65. The first-order valence-electron chi connectivity index (χ1n) is 9.18. The Morgan fingerprint density at radius 2 is 1.42 bits per heavy atom. The summed E-state index contributed by atoms with van der Waals surface area (Å²) < 4.78 is 29.5. The van der Waals surface area contributed by atoms with Crippen LogP contribution in [0.25, 0.3) is 0 Å².